The van der Waals surface area contributed by atoms with Crippen LogP contribution in [0.4, 0.5) is 0 Å². The molecule has 0 radical (unpaired) electrons. The van der Waals surface area contributed by atoms with E-state index >= 15 is 0 Å². The second kappa shape index (κ2) is 8.16. The molecule has 8 heteroatoms. The van der Waals surface area contributed by atoms with Crippen molar-refractivity contribution < 1.29 is 13.2 Å². The molecule has 2 heterocycles. The summed E-state index contributed by atoms with van der Waals surface area (Å²) in [5, 5.41) is 2.86. The number of carbonyl (C=O) groups excluding carboxylic acids is 1. The first-order valence-corrected chi connectivity index (χ1v) is 11.2. The minimum atomic E-state index is -2.95. The Kier molecular flexibility index (Phi) is 6.14. The van der Waals surface area contributed by atoms with Crippen LogP contribution >= 0.6 is 15.9 Å². The van der Waals surface area contributed by atoms with E-state index in [0.29, 0.717) is 13.0 Å². The van der Waals surface area contributed by atoms with Crippen LogP contribution in [0.5, 0.6) is 0 Å². The molecule has 1 aromatic rings. The molecule has 1 amide bonds. The van der Waals surface area contributed by atoms with Gasteiger partial charge in [0.1, 0.15) is 0 Å². The second-order valence-corrected chi connectivity index (χ2v) is 9.99. The molecule has 6 nitrogen and oxygen atoms in total. The molecule has 1 aromatic carbocycles. The van der Waals surface area contributed by atoms with Gasteiger partial charge in [-0.25, -0.2) is 8.42 Å². The van der Waals surface area contributed by atoms with E-state index < -0.39 is 9.84 Å². The van der Waals surface area contributed by atoms with Gasteiger partial charge in [0.25, 0.3) is 0 Å². The largest absolute Gasteiger partial charge is 0.351 e. The summed E-state index contributed by atoms with van der Waals surface area (Å²) in [6, 6.07) is 8.15. The number of amides is 1. The van der Waals surface area contributed by atoms with Gasteiger partial charge in [-0.05, 0) is 24.1 Å². The summed E-state index contributed by atoms with van der Waals surface area (Å²) in [5.41, 5.74) is 1.29. The summed E-state index contributed by atoms with van der Waals surface area (Å²) in [4.78, 5) is 16.6. The van der Waals surface area contributed by atoms with Crippen LogP contribution in [-0.2, 0) is 21.2 Å². The van der Waals surface area contributed by atoms with Gasteiger partial charge in [-0.3, -0.25) is 14.6 Å². The van der Waals surface area contributed by atoms with Crippen molar-refractivity contribution in [3.63, 3.8) is 0 Å². The predicted molar refractivity (Wildman–Crippen MR) is 101 cm³/mol. The molecule has 0 aliphatic carbocycles. The summed E-state index contributed by atoms with van der Waals surface area (Å²) < 4.78 is 24.0. The monoisotopic (exact) mass is 429 g/mol. The van der Waals surface area contributed by atoms with Gasteiger partial charge in [0.2, 0.25) is 5.91 Å². The maximum Gasteiger partial charge on any atom is 0.234 e. The number of rotatable bonds is 5. The fraction of sp³-hybridized carbons (Fsp3) is 0.588. The summed E-state index contributed by atoms with van der Waals surface area (Å²) in [6.07, 6.45) is 0.537. The molecule has 0 saturated carbocycles. The molecule has 2 saturated heterocycles. The minimum absolute atomic E-state index is 0.0662. The van der Waals surface area contributed by atoms with Gasteiger partial charge in [0.15, 0.2) is 9.84 Å². The predicted octanol–water partition coefficient (Wildman–Crippen LogP) is 0.870. The Labute approximate surface area is 157 Å². The Morgan fingerprint density at radius 2 is 1.76 bits per heavy atom. The minimum Gasteiger partial charge on any atom is -0.351 e. The maximum atomic E-state index is 12.1. The van der Waals surface area contributed by atoms with Crippen LogP contribution in [0.2, 0.25) is 0 Å². The van der Waals surface area contributed by atoms with E-state index in [1.54, 1.807) is 0 Å². The van der Waals surface area contributed by atoms with Crippen LogP contribution in [0.3, 0.4) is 0 Å². The molecular weight excluding hydrogens is 406 g/mol. The molecule has 0 bridgehead atoms. The highest BCUT2D eigenvalue weighted by Gasteiger charge is 2.29. The Morgan fingerprint density at radius 1 is 1.12 bits per heavy atom. The first-order chi connectivity index (χ1) is 11.9. The third-order valence-corrected chi connectivity index (χ3v) is 7.05. The third kappa shape index (κ3) is 5.77. The summed E-state index contributed by atoms with van der Waals surface area (Å²) >= 11 is 3.45. The number of hydrogen-bond donors (Lipinski definition) is 1. The van der Waals surface area contributed by atoms with E-state index in [0.717, 1.165) is 37.2 Å². The van der Waals surface area contributed by atoms with Crippen LogP contribution in [-0.4, -0.2) is 74.4 Å². The third-order valence-electron chi connectivity index (χ3n) is 4.75. The van der Waals surface area contributed by atoms with Crippen molar-refractivity contribution in [1.29, 1.82) is 0 Å². The number of halogens is 1. The standard InChI is InChI=1S/C17H24BrN3O3S/c18-15-3-1-14(2-4-15)11-20-6-8-21(9-7-20)12-17(22)19-16-5-10-25(23,24)13-16/h1-4,16H,5-13H2,(H,19,22). The molecule has 3 rings (SSSR count). The molecule has 1 unspecified atom stereocenters. The first-order valence-electron chi connectivity index (χ1n) is 8.58. The number of hydrogen-bond acceptors (Lipinski definition) is 5. The number of nitrogens with one attached hydrogen (secondary N) is 1. The van der Waals surface area contributed by atoms with Crippen LogP contribution in [0.1, 0.15) is 12.0 Å². The van der Waals surface area contributed by atoms with Gasteiger partial charge in [0.05, 0.1) is 18.1 Å². The normalized spacial score (nSPS) is 24.3. The SMILES string of the molecule is O=C(CN1CCN(Cc2ccc(Br)cc2)CC1)NC1CCS(=O)(=O)C1. The first kappa shape index (κ1) is 18.8. The fourth-order valence-electron chi connectivity index (χ4n) is 3.34. The van der Waals surface area contributed by atoms with Gasteiger partial charge in [-0.1, -0.05) is 28.1 Å². The maximum absolute atomic E-state index is 12.1. The van der Waals surface area contributed by atoms with Crippen molar-refractivity contribution in [1.82, 2.24) is 15.1 Å². The van der Waals surface area contributed by atoms with Crippen molar-refractivity contribution in [2.75, 3.05) is 44.2 Å². The zero-order chi connectivity index (χ0) is 17.9. The molecular formula is C17H24BrN3O3S. The summed E-state index contributed by atoms with van der Waals surface area (Å²) in [7, 11) is -2.95. The van der Waals surface area contributed by atoms with Crippen LogP contribution in [0.25, 0.3) is 0 Å². The van der Waals surface area contributed by atoms with Gasteiger partial charge in [-0.2, -0.15) is 0 Å². The lowest BCUT2D eigenvalue weighted by atomic mass is 10.2. The molecule has 0 spiro atoms. The average Bonchev–Trinajstić information content (AvgIpc) is 2.90. The van der Waals surface area contributed by atoms with Gasteiger partial charge >= 0.3 is 0 Å². The van der Waals surface area contributed by atoms with E-state index in [1.165, 1.54) is 5.56 Å². The molecule has 1 N–H and O–H groups in total. The van der Waals surface area contributed by atoms with Crippen molar-refractivity contribution in [3.8, 4) is 0 Å². The van der Waals surface area contributed by atoms with Crippen molar-refractivity contribution in [3.05, 3.63) is 34.3 Å². The number of benzene rings is 1. The lowest BCUT2D eigenvalue weighted by molar-refractivity contribution is -0.123. The Bertz CT molecular complexity index is 700. The van der Waals surface area contributed by atoms with Crippen molar-refractivity contribution >= 4 is 31.7 Å². The van der Waals surface area contributed by atoms with Gasteiger partial charge in [-0.15, -0.1) is 0 Å². The Hall–Kier alpha value is -0.960. The number of sulfone groups is 1. The molecule has 2 aliphatic rings. The van der Waals surface area contributed by atoms with Gasteiger partial charge in [0, 0.05) is 43.2 Å². The smallest absolute Gasteiger partial charge is 0.234 e. The second-order valence-electron chi connectivity index (χ2n) is 6.85. The lowest BCUT2D eigenvalue weighted by Gasteiger charge is -2.34. The number of carbonyl (C=O) groups is 1. The Morgan fingerprint density at radius 3 is 2.36 bits per heavy atom. The molecule has 0 aromatic heterocycles. The highest BCUT2D eigenvalue weighted by Crippen LogP contribution is 2.14. The summed E-state index contributed by atoms with van der Waals surface area (Å²) in [6.45, 7) is 4.85. The quantitative estimate of drug-likeness (QED) is 0.751. The van der Waals surface area contributed by atoms with Crippen LogP contribution in [0, 0.1) is 0 Å². The van der Waals surface area contributed by atoms with Gasteiger partial charge < -0.3 is 5.32 Å². The lowest BCUT2D eigenvalue weighted by Crippen LogP contribution is -2.50. The zero-order valence-electron chi connectivity index (χ0n) is 14.2. The molecule has 1 atom stereocenters. The molecule has 2 fully saturated rings. The number of nitrogens with zero attached hydrogens (tertiary/aromatic N) is 2. The zero-order valence-corrected chi connectivity index (χ0v) is 16.6. The molecule has 25 heavy (non-hydrogen) atoms. The van der Waals surface area contributed by atoms with E-state index in [2.05, 4.69) is 55.3 Å². The topological polar surface area (TPSA) is 69.7 Å². The highest BCUT2D eigenvalue weighted by atomic mass is 79.9. The van der Waals surface area contributed by atoms with Crippen molar-refractivity contribution in [2.45, 2.75) is 19.0 Å². The highest BCUT2D eigenvalue weighted by molar-refractivity contribution is 9.10. The molecule has 2 aliphatic heterocycles. The average molecular weight is 430 g/mol. The van der Waals surface area contributed by atoms with E-state index in [9.17, 15) is 13.2 Å². The Balaban J connectivity index is 1.38. The van der Waals surface area contributed by atoms with Crippen LogP contribution in [0.15, 0.2) is 28.7 Å². The van der Waals surface area contributed by atoms with E-state index in [1.807, 2.05) is 0 Å². The molecule has 138 valence electrons. The van der Waals surface area contributed by atoms with E-state index in [4.69, 9.17) is 0 Å². The number of piperazine rings is 1. The van der Waals surface area contributed by atoms with Crippen molar-refractivity contribution in [2.24, 2.45) is 0 Å². The summed E-state index contributed by atoms with van der Waals surface area (Å²) in [5.74, 6) is 0.204. The fourth-order valence-corrected chi connectivity index (χ4v) is 5.28. The van der Waals surface area contributed by atoms with Crippen LogP contribution < -0.4 is 5.32 Å². The van der Waals surface area contributed by atoms with E-state index in [-0.39, 0.29) is 23.5 Å².